The maximum atomic E-state index is 2.19. The lowest BCUT2D eigenvalue weighted by Gasteiger charge is -2.05. The maximum Gasteiger partial charge on any atom is -0.0184 e. The predicted octanol–water partition coefficient (Wildman–Crippen LogP) is 7.50. The zero-order valence-electron chi connectivity index (χ0n) is 15.5. The summed E-state index contributed by atoms with van der Waals surface area (Å²) < 4.78 is 0. The largest absolute Gasteiger partial charge is 0.0622 e. The van der Waals surface area contributed by atoms with Gasteiger partial charge in [0.2, 0.25) is 0 Å². The minimum absolute atomic E-state index is 1.21. The van der Waals surface area contributed by atoms with Gasteiger partial charge < -0.3 is 0 Å². The fraction of sp³-hybridized carbons (Fsp3) is 0.0370. The van der Waals surface area contributed by atoms with Crippen LogP contribution >= 0.6 is 0 Å². The lowest BCUT2D eigenvalue weighted by atomic mass is 9.99. The Hall–Kier alpha value is -3.38. The van der Waals surface area contributed by atoms with Crippen molar-refractivity contribution in [1.82, 2.24) is 0 Å². The van der Waals surface area contributed by atoms with Crippen LogP contribution in [-0.2, 0) is 0 Å². The second-order valence-corrected chi connectivity index (χ2v) is 6.81. The molecule has 0 saturated heterocycles. The molecule has 0 fully saturated rings. The molecule has 0 N–H and O–H groups in total. The number of hydrogen-bond acceptors (Lipinski definition) is 0. The quantitative estimate of drug-likeness (QED) is 0.336. The fourth-order valence-electron chi connectivity index (χ4n) is 3.14. The van der Waals surface area contributed by atoms with Crippen LogP contribution in [0.25, 0.3) is 34.4 Å². The van der Waals surface area contributed by atoms with Crippen molar-refractivity contribution in [2.24, 2.45) is 0 Å². The molecule has 4 rings (SSSR count). The third kappa shape index (κ3) is 4.24. The molecule has 0 nitrogen and oxygen atoms in total. The summed E-state index contributed by atoms with van der Waals surface area (Å²) in [6, 6.07) is 36.5. The van der Waals surface area contributed by atoms with E-state index >= 15 is 0 Å². The summed E-state index contributed by atoms with van der Waals surface area (Å²) >= 11 is 0. The summed E-state index contributed by atoms with van der Waals surface area (Å²) in [5.41, 5.74) is 8.69. The van der Waals surface area contributed by atoms with E-state index < -0.39 is 0 Å². The summed E-state index contributed by atoms with van der Waals surface area (Å²) in [5.74, 6) is 0. The van der Waals surface area contributed by atoms with Gasteiger partial charge in [-0.1, -0.05) is 121 Å². The minimum atomic E-state index is 1.21. The van der Waals surface area contributed by atoms with Gasteiger partial charge in [-0.05, 0) is 40.3 Å². The normalized spacial score (nSPS) is 11.0. The van der Waals surface area contributed by atoms with Crippen LogP contribution < -0.4 is 0 Å². The standard InChI is InChI=1S/C27H22/c1-21-7-9-22(10-8-21)11-12-23-13-15-25(16-14-23)27-19-17-26(18-20-27)24-5-3-2-4-6-24/h2-20H,1H3/b12-11+. The van der Waals surface area contributed by atoms with Crippen LogP contribution in [0.15, 0.2) is 103 Å². The lowest BCUT2D eigenvalue weighted by molar-refractivity contribution is 1.46. The summed E-state index contributed by atoms with van der Waals surface area (Å²) in [7, 11) is 0. The van der Waals surface area contributed by atoms with Gasteiger partial charge in [0.1, 0.15) is 0 Å². The minimum Gasteiger partial charge on any atom is -0.0622 e. The molecule has 4 aromatic rings. The van der Waals surface area contributed by atoms with Crippen molar-refractivity contribution in [2.45, 2.75) is 6.92 Å². The molecule has 0 aromatic heterocycles. The van der Waals surface area contributed by atoms with E-state index in [1.54, 1.807) is 0 Å². The monoisotopic (exact) mass is 346 g/mol. The summed E-state index contributed by atoms with van der Waals surface area (Å²) in [6.07, 6.45) is 4.32. The van der Waals surface area contributed by atoms with E-state index in [1.165, 1.54) is 38.9 Å². The number of aryl methyl sites for hydroxylation is 1. The molecular formula is C27H22. The van der Waals surface area contributed by atoms with Crippen molar-refractivity contribution in [3.05, 3.63) is 120 Å². The fourth-order valence-corrected chi connectivity index (χ4v) is 3.14. The van der Waals surface area contributed by atoms with Gasteiger partial charge in [-0.2, -0.15) is 0 Å². The van der Waals surface area contributed by atoms with E-state index in [0.29, 0.717) is 0 Å². The third-order valence-corrected chi connectivity index (χ3v) is 4.78. The zero-order chi connectivity index (χ0) is 18.5. The van der Waals surface area contributed by atoms with E-state index in [1.807, 2.05) is 6.07 Å². The van der Waals surface area contributed by atoms with Crippen molar-refractivity contribution in [1.29, 1.82) is 0 Å². The van der Waals surface area contributed by atoms with Crippen molar-refractivity contribution in [2.75, 3.05) is 0 Å². The van der Waals surface area contributed by atoms with Gasteiger partial charge in [-0.3, -0.25) is 0 Å². The Morgan fingerprint density at radius 3 is 1.26 bits per heavy atom. The molecule has 0 radical (unpaired) electrons. The van der Waals surface area contributed by atoms with Crippen molar-refractivity contribution < 1.29 is 0 Å². The predicted molar refractivity (Wildman–Crippen MR) is 117 cm³/mol. The summed E-state index contributed by atoms with van der Waals surface area (Å²) in [6.45, 7) is 2.11. The number of rotatable bonds is 4. The summed E-state index contributed by atoms with van der Waals surface area (Å²) in [4.78, 5) is 0. The molecule has 0 atom stereocenters. The van der Waals surface area contributed by atoms with E-state index in [4.69, 9.17) is 0 Å². The van der Waals surface area contributed by atoms with Crippen LogP contribution in [0, 0.1) is 6.92 Å². The van der Waals surface area contributed by atoms with E-state index in [-0.39, 0.29) is 0 Å². The first kappa shape index (κ1) is 17.1. The van der Waals surface area contributed by atoms with Crippen molar-refractivity contribution >= 4 is 12.2 Å². The van der Waals surface area contributed by atoms with Gasteiger partial charge in [-0.15, -0.1) is 0 Å². The van der Waals surface area contributed by atoms with Gasteiger partial charge in [0, 0.05) is 0 Å². The van der Waals surface area contributed by atoms with E-state index in [9.17, 15) is 0 Å². The Kier molecular flexibility index (Phi) is 4.98. The Morgan fingerprint density at radius 1 is 0.407 bits per heavy atom. The van der Waals surface area contributed by atoms with Gasteiger partial charge >= 0.3 is 0 Å². The first-order chi connectivity index (χ1) is 13.3. The highest BCUT2D eigenvalue weighted by atomic mass is 14.0. The molecule has 0 aliphatic carbocycles. The molecule has 0 bridgehead atoms. The average Bonchev–Trinajstić information content (AvgIpc) is 2.75. The van der Waals surface area contributed by atoms with Crippen LogP contribution in [0.1, 0.15) is 16.7 Å². The first-order valence-corrected chi connectivity index (χ1v) is 9.29. The van der Waals surface area contributed by atoms with Gasteiger partial charge in [-0.25, -0.2) is 0 Å². The van der Waals surface area contributed by atoms with Crippen LogP contribution in [0.2, 0.25) is 0 Å². The highest BCUT2D eigenvalue weighted by molar-refractivity contribution is 5.73. The summed E-state index contributed by atoms with van der Waals surface area (Å²) in [5, 5.41) is 0. The van der Waals surface area contributed by atoms with Crippen LogP contribution in [-0.4, -0.2) is 0 Å². The second kappa shape index (κ2) is 7.88. The van der Waals surface area contributed by atoms with E-state index in [0.717, 1.165) is 0 Å². The Morgan fingerprint density at radius 2 is 0.778 bits per heavy atom. The molecular weight excluding hydrogens is 324 g/mol. The van der Waals surface area contributed by atoms with Crippen molar-refractivity contribution in [3.63, 3.8) is 0 Å². The van der Waals surface area contributed by atoms with Gasteiger partial charge in [0.05, 0.1) is 0 Å². The molecule has 0 aliphatic heterocycles. The first-order valence-electron chi connectivity index (χ1n) is 9.29. The van der Waals surface area contributed by atoms with Crippen LogP contribution in [0.5, 0.6) is 0 Å². The molecule has 27 heavy (non-hydrogen) atoms. The molecule has 4 aromatic carbocycles. The Bertz CT molecular complexity index is 1020. The Labute approximate surface area is 161 Å². The molecule has 130 valence electrons. The van der Waals surface area contributed by atoms with Crippen LogP contribution in [0.3, 0.4) is 0 Å². The van der Waals surface area contributed by atoms with Crippen molar-refractivity contribution in [3.8, 4) is 22.3 Å². The molecule has 0 amide bonds. The average molecular weight is 346 g/mol. The maximum absolute atomic E-state index is 2.19. The zero-order valence-corrected chi connectivity index (χ0v) is 15.5. The van der Waals surface area contributed by atoms with E-state index in [2.05, 4.69) is 116 Å². The number of hydrogen-bond donors (Lipinski definition) is 0. The topological polar surface area (TPSA) is 0 Å². The smallest absolute Gasteiger partial charge is 0.0184 e. The molecule has 0 heteroatoms. The van der Waals surface area contributed by atoms with Crippen LogP contribution in [0.4, 0.5) is 0 Å². The molecule has 0 saturated carbocycles. The molecule has 0 heterocycles. The Balaban J connectivity index is 1.49. The van der Waals surface area contributed by atoms with Gasteiger partial charge in [0.25, 0.3) is 0 Å². The molecule has 0 aliphatic rings. The number of benzene rings is 4. The SMILES string of the molecule is Cc1ccc(/C=C/c2ccc(-c3ccc(-c4ccccc4)cc3)cc2)cc1. The second-order valence-electron chi connectivity index (χ2n) is 6.81. The van der Waals surface area contributed by atoms with Gasteiger partial charge in [0.15, 0.2) is 0 Å². The molecule has 0 unspecified atom stereocenters. The highest BCUT2D eigenvalue weighted by Crippen LogP contribution is 2.25. The highest BCUT2D eigenvalue weighted by Gasteiger charge is 2.00. The molecule has 0 spiro atoms. The lowest BCUT2D eigenvalue weighted by Crippen LogP contribution is -1.81. The third-order valence-electron chi connectivity index (χ3n) is 4.78.